The number of hydrogen-bond donors (Lipinski definition) is 1. The molecule has 0 fully saturated rings. The van der Waals surface area contributed by atoms with Crippen LogP contribution in [-0.2, 0) is 11.2 Å². The molecule has 1 amide bonds. The first-order valence-electron chi connectivity index (χ1n) is 8.23. The summed E-state index contributed by atoms with van der Waals surface area (Å²) in [5, 5.41) is 5.28. The highest BCUT2D eigenvalue weighted by molar-refractivity contribution is 7.14. The van der Waals surface area contributed by atoms with Crippen LogP contribution in [0.2, 0.25) is 0 Å². The van der Waals surface area contributed by atoms with Gasteiger partial charge in [0.25, 0.3) is 0 Å². The molecule has 1 heterocycles. The Kier molecular flexibility index (Phi) is 5.93. The van der Waals surface area contributed by atoms with Crippen molar-refractivity contribution in [1.82, 2.24) is 4.98 Å². The van der Waals surface area contributed by atoms with Gasteiger partial charge in [-0.25, -0.2) is 4.98 Å². The summed E-state index contributed by atoms with van der Waals surface area (Å²) < 4.78 is 15.8. The zero-order valence-corrected chi connectivity index (χ0v) is 16.1. The molecule has 3 aromatic rings. The molecule has 0 saturated heterocycles. The summed E-state index contributed by atoms with van der Waals surface area (Å²) >= 11 is 1.37. The standard InChI is InChI=1S/C20H20N2O4S/c1-24-15-6-4-5-13(9-15)10-19(23)22-20-21-16(12-27-20)14-7-8-17(25-2)18(11-14)26-3/h4-9,11-12H,10H2,1-3H3,(H,21,22,23). The largest absolute Gasteiger partial charge is 0.497 e. The smallest absolute Gasteiger partial charge is 0.230 e. The van der Waals surface area contributed by atoms with Crippen LogP contribution in [0.25, 0.3) is 11.3 Å². The van der Waals surface area contributed by atoms with Crippen LogP contribution >= 0.6 is 11.3 Å². The zero-order chi connectivity index (χ0) is 19.2. The molecule has 0 aliphatic rings. The fourth-order valence-corrected chi connectivity index (χ4v) is 3.33. The van der Waals surface area contributed by atoms with Crippen LogP contribution in [0.4, 0.5) is 5.13 Å². The average molecular weight is 384 g/mol. The number of rotatable bonds is 7. The van der Waals surface area contributed by atoms with Gasteiger partial charge in [0.15, 0.2) is 16.6 Å². The highest BCUT2D eigenvalue weighted by Gasteiger charge is 2.11. The van der Waals surface area contributed by atoms with Gasteiger partial charge in [-0.05, 0) is 35.9 Å². The van der Waals surface area contributed by atoms with Gasteiger partial charge in [-0.3, -0.25) is 4.79 Å². The normalized spacial score (nSPS) is 10.3. The fraction of sp³-hybridized carbons (Fsp3) is 0.200. The summed E-state index contributed by atoms with van der Waals surface area (Å²) in [5.74, 6) is 1.89. The Balaban J connectivity index is 1.69. The summed E-state index contributed by atoms with van der Waals surface area (Å²) in [4.78, 5) is 16.8. The van der Waals surface area contributed by atoms with E-state index in [0.29, 0.717) is 16.6 Å². The van der Waals surface area contributed by atoms with Crippen molar-refractivity contribution in [2.45, 2.75) is 6.42 Å². The monoisotopic (exact) mass is 384 g/mol. The highest BCUT2D eigenvalue weighted by atomic mass is 32.1. The van der Waals surface area contributed by atoms with Crippen molar-refractivity contribution in [3.05, 3.63) is 53.4 Å². The van der Waals surface area contributed by atoms with Crippen molar-refractivity contribution in [3.63, 3.8) is 0 Å². The van der Waals surface area contributed by atoms with Gasteiger partial charge in [-0.15, -0.1) is 11.3 Å². The van der Waals surface area contributed by atoms with E-state index in [-0.39, 0.29) is 12.3 Å². The van der Waals surface area contributed by atoms with Crippen molar-refractivity contribution in [3.8, 4) is 28.5 Å². The summed E-state index contributed by atoms with van der Waals surface area (Å²) in [6.45, 7) is 0. The molecule has 0 saturated carbocycles. The van der Waals surface area contributed by atoms with E-state index < -0.39 is 0 Å². The Morgan fingerprint density at radius 1 is 1.04 bits per heavy atom. The van der Waals surface area contributed by atoms with Crippen molar-refractivity contribution in [1.29, 1.82) is 0 Å². The van der Waals surface area contributed by atoms with Gasteiger partial charge in [0.2, 0.25) is 5.91 Å². The highest BCUT2D eigenvalue weighted by Crippen LogP contribution is 2.33. The minimum atomic E-state index is -0.128. The summed E-state index contributed by atoms with van der Waals surface area (Å²) in [7, 11) is 4.79. The topological polar surface area (TPSA) is 69.7 Å². The number of methoxy groups -OCH3 is 3. The van der Waals surface area contributed by atoms with E-state index >= 15 is 0 Å². The Hall–Kier alpha value is -3.06. The number of carbonyl (C=O) groups is 1. The average Bonchev–Trinajstić information content (AvgIpc) is 3.15. The van der Waals surface area contributed by atoms with E-state index in [1.165, 1.54) is 11.3 Å². The predicted molar refractivity (Wildman–Crippen MR) is 106 cm³/mol. The third-order valence-corrected chi connectivity index (χ3v) is 4.69. The molecule has 0 aliphatic carbocycles. The molecule has 0 unspecified atom stereocenters. The van der Waals surface area contributed by atoms with Crippen LogP contribution in [0.3, 0.4) is 0 Å². The lowest BCUT2D eigenvalue weighted by Gasteiger charge is -2.08. The third kappa shape index (κ3) is 4.57. The van der Waals surface area contributed by atoms with Crippen LogP contribution in [0.1, 0.15) is 5.56 Å². The summed E-state index contributed by atoms with van der Waals surface area (Å²) in [6, 6.07) is 13.0. The van der Waals surface area contributed by atoms with Gasteiger partial charge >= 0.3 is 0 Å². The Morgan fingerprint density at radius 2 is 1.85 bits per heavy atom. The first kappa shape index (κ1) is 18.7. The van der Waals surface area contributed by atoms with Gasteiger partial charge in [-0.2, -0.15) is 0 Å². The molecular formula is C20H20N2O4S. The maximum atomic E-state index is 12.3. The second kappa shape index (κ2) is 8.55. The third-order valence-electron chi connectivity index (χ3n) is 3.93. The number of anilines is 1. The van der Waals surface area contributed by atoms with Gasteiger partial charge in [-0.1, -0.05) is 12.1 Å². The molecule has 7 heteroatoms. The molecule has 0 aliphatic heterocycles. The summed E-state index contributed by atoms with van der Waals surface area (Å²) in [5.41, 5.74) is 2.53. The summed E-state index contributed by atoms with van der Waals surface area (Å²) in [6.07, 6.45) is 0.252. The van der Waals surface area contributed by atoms with Crippen LogP contribution in [-0.4, -0.2) is 32.2 Å². The lowest BCUT2D eigenvalue weighted by atomic mass is 10.1. The number of carbonyl (C=O) groups excluding carboxylic acids is 1. The first-order valence-corrected chi connectivity index (χ1v) is 9.11. The fourth-order valence-electron chi connectivity index (χ4n) is 2.59. The number of hydrogen-bond acceptors (Lipinski definition) is 6. The van der Waals surface area contributed by atoms with Crippen molar-refractivity contribution >= 4 is 22.4 Å². The number of amides is 1. The number of aromatic nitrogens is 1. The van der Waals surface area contributed by atoms with Crippen molar-refractivity contribution in [2.75, 3.05) is 26.6 Å². The van der Waals surface area contributed by atoms with E-state index in [0.717, 1.165) is 22.6 Å². The zero-order valence-electron chi connectivity index (χ0n) is 15.3. The Labute approximate surface area is 161 Å². The second-order valence-corrected chi connectivity index (χ2v) is 6.54. The van der Waals surface area contributed by atoms with Gasteiger partial charge in [0.05, 0.1) is 33.4 Å². The maximum absolute atomic E-state index is 12.3. The maximum Gasteiger partial charge on any atom is 0.230 e. The second-order valence-electron chi connectivity index (χ2n) is 5.68. The van der Waals surface area contributed by atoms with Gasteiger partial charge < -0.3 is 19.5 Å². The molecule has 0 spiro atoms. The van der Waals surface area contributed by atoms with Crippen molar-refractivity contribution in [2.24, 2.45) is 0 Å². The molecule has 1 N–H and O–H groups in total. The predicted octanol–water partition coefficient (Wildman–Crippen LogP) is 4.02. The number of nitrogens with zero attached hydrogens (tertiary/aromatic N) is 1. The van der Waals surface area contributed by atoms with E-state index in [9.17, 15) is 4.79 Å². The van der Waals surface area contributed by atoms with Crippen LogP contribution in [0, 0.1) is 0 Å². The molecule has 3 rings (SSSR count). The Morgan fingerprint density at radius 3 is 2.59 bits per heavy atom. The molecule has 27 heavy (non-hydrogen) atoms. The van der Waals surface area contributed by atoms with Crippen LogP contribution in [0.15, 0.2) is 47.8 Å². The molecule has 140 valence electrons. The van der Waals surface area contributed by atoms with Crippen LogP contribution < -0.4 is 19.5 Å². The lowest BCUT2D eigenvalue weighted by molar-refractivity contribution is -0.115. The van der Waals surface area contributed by atoms with Crippen molar-refractivity contribution < 1.29 is 19.0 Å². The molecular weight excluding hydrogens is 364 g/mol. The number of benzene rings is 2. The first-order chi connectivity index (χ1) is 13.1. The van der Waals surface area contributed by atoms with Gasteiger partial charge in [0, 0.05) is 10.9 Å². The van der Waals surface area contributed by atoms with E-state index in [2.05, 4.69) is 10.3 Å². The molecule has 1 aromatic heterocycles. The SMILES string of the molecule is COc1cccc(CC(=O)Nc2nc(-c3ccc(OC)c(OC)c3)cs2)c1. The van der Waals surface area contributed by atoms with E-state index in [4.69, 9.17) is 14.2 Å². The van der Waals surface area contributed by atoms with E-state index in [1.54, 1.807) is 21.3 Å². The number of thiazole rings is 1. The molecule has 0 atom stereocenters. The Bertz CT molecular complexity index is 939. The minimum Gasteiger partial charge on any atom is -0.497 e. The molecule has 0 radical (unpaired) electrons. The van der Waals surface area contributed by atoms with Gasteiger partial charge in [0.1, 0.15) is 5.75 Å². The number of nitrogens with one attached hydrogen (secondary N) is 1. The quantitative estimate of drug-likeness (QED) is 0.666. The number of ether oxygens (including phenoxy) is 3. The lowest BCUT2D eigenvalue weighted by Crippen LogP contribution is -2.14. The minimum absolute atomic E-state index is 0.128. The molecule has 6 nitrogen and oxygen atoms in total. The molecule has 0 bridgehead atoms. The van der Waals surface area contributed by atoms with Crippen LogP contribution in [0.5, 0.6) is 17.2 Å². The molecule has 2 aromatic carbocycles. The van der Waals surface area contributed by atoms with E-state index in [1.807, 2.05) is 47.8 Å².